The molecule has 0 saturated carbocycles. The highest BCUT2D eigenvalue weighted by Crippen LogP contribution is 2.01. The van der Waals surface area contributed by atoms with E-state index >= 15 is 0 Å². The van der Waals surface area contributed by atoms with E-state index in [0.717, 1.165) is 0 Å². The van der Waals surface area contributed by atoms with E-state index in [1.807, 2.05) is 19.0 Å². The third kappa shape index (κ3) is 4.81. The van der Waals surface area contributed by atoms with E-state index < -0.39 is 17.8 Å². The number of carbonyl (C=O) groups excluding carboxylic acids is 1. The summed E-state index contributed by atoms with van der Waals surface area (Å²) < 4.78 is 0. The summed E-state index contributed by atoms with van der Waals surface area (Å²) in [7, 11) is 3.78. The van der Waals surface area contributed by atoms with Crippen molar-refractivity contribution in [1.82, 2.24) is 10.2 Å². The molecule has 0 aliphatic heterocycles. The Morgan fingerprint density at radius 1 is 1.43 bits per heavy atom. The summed E-state index contributed by atoms with van der Waals surface area (Å²) in [5, 5.41) is 11.3. The lowest BCUT2D eigenvalue weighted by Gasteiger charge is -2.13. The van der Waals surface area contributed by atoms with Crippen LogP contribution >= 0.6 is 0 Å². The molecule has 1 atom stereocenters. The highest BCUT2D eigenvalue weighted by molar-refractivity contribution is 5.96. The maximum absolute atomic E-state index is 11.3. The van der Waals surface area contributed by atoms with Gasteiger partial charge in [-0.2, -0.15) is 0 Å². The van der Waals surface area contributed by atoms with E-state index in [-0.39, 0.29) is 0 Å². The van der Waals surface area contributed by atoms with Gasteiger partial charge < -0.3 is 15.3 Å². The topological polar surface area (TPSA) is 69.6 Å². The van der Waals surface area contributed by atoms with Crippen molar-refractivity contribution in [3.05, 3.63) is 0 Å². The first-order chi connectivity index (χ1) is 6.49. The fourth-order valence-corrected chi connectivity index (χ4v) is 0.998. The molecule has 0 aromatic rings. The Hall–Kier alpha value is -1.10. The number of likely N-dealkylation sites (N-methyl/N-ethyl adjacent to an activating group) is 1. The first kappa shape index (κ1) is 12.9. The maximum atomic E-state index is 11.3. The predicted octanol–water partition coefficient (Wildman–Crippen LogP) is -0.225. The largest absolute Gasteiger partial charge is 0.481 e. The van der Waals surface area contributed by atoms with Crippen LogP contribution < -0.4 is 5.32 Å². The van der Waals surface area contributed by atoms with Gasteiger partial charge in [0.15, 0.2) is 0 Å². The molecule has 0 heterocycles. The SMILES string of the molecule is CCC(C(=O)O)C(=O)NCCN(C)C. The summed E-state index contributed by atoms with van der Waals surface area (Å²) in [5.41, 5.74) is 0. The molecule has 0 radical (unpaired) electrons. The highest BCUT2D eigenvalue weighted by Gasteiger charge is 2.23. The molecule has 0 saturated heterocycles. The van der Waals surface area contributed by atoms with E-state index in [4.69, 9.17) is 5.11 Å². The summed E-state index contributed by atoms with van der Waals surface area (Å²) in [6.07, 6.45) is 0.323. The van der Waals surface area contributed by atoms with E-state index in [1.165, 1.54) is 0 Å². The summed E-state index contributed by atoms with van der Waals surface area (Å²) in [6.45, 7) is 2.88. The Bertz CT molecular complexity index is 204. The zero-order valence-corrected chi connectivity index (χ0v) is 8.91. The highest BCUT2D eigenvalue weighted by atomic mass is 16.4. The zero-order chi connectivity index (χ0) is 11.1. The predicted molar refractivity (Wildman–Crippen MR) is 53.0 cm³/mol. The van der Waals surface area contributed by atoms with Crippen LogP contribution in [0.4, 0.5) is 0 Å². The fourth-order valence-electron chi connectivity index (χ4n) is 0.998. The van der Waals surface area contributed by atoms with Gasteiger partial charge in [-0.05, 0) is 20.5 Å². The number of carboxylic acids is 1. The fraction of sp³-hybridized carbons (Fsp3) is 0.778. The van der Waals surface area contributed by atoms with Crippen molar-refractivity contribution < 1.29 is 14.7 Å². The van der Waals surface area contributed by atoms with Crippen LogP contribution in [0.2, 0.25) is 0 Å². The van der Waals surface area contributed by atoms with Gasteiger partial charge in [0.05, 0.1) is 0 Å². The smallest absolute Gasteiger partial charge is 0.316 e. The average molecular weight is 202 g/mol. The zero-order valence-electron chi connectivity index (χ0n) is 8.91. The second-order valence-corrected chi connectivity index (χ2v) is 3.39. The Balaban J connectivity index is 3.87. The van der Waals surface area contributed by atoms with Crippen molar-refractivity contribution in [2.45, 2.75) is 13.3 Å². The molecule has 5 nitrogen and oxygen atoms in total. The molecule has 0 bridgehead atoms. The molecule has 82 valence electrons. The van der Waals surface area contributed by atoms with Gasteiger partial charge >= 0.3 is 5.97 Å². The van der Waals surface area contributed by atoms with Crippen LogP contribution in [-0.4, -0.2) is 49.1 Å². The summed E-state index contributed by atoms with van der Waals surface area (Å²) >= 11 is 0. The van der Waals surface area contributed by atoms with Crippen molar-refractivity contribution >= 4 is 11.9 Å². The van der Waals surface area contributed by atoms with E-state index in [1.54, 1.807) is 6.92 Å². The average Bonchev–Trinajstić information content (AvgIpc) is 2.03. The summed E-state index contributed by atoms with van der Waals surface area (Å²) in [4.78, 5) is 23.8. The van der Waals surface area contributed by atoms with Crippen molar-refractivity contribution in [1.29, 1.82) is 0 Å². The first-order valence-corrected chi connectivity index (χ1v) is 4.64. The minimum Gasteiger partial charge on any atom is -0.481 e. The van der Waals surface area contributed by atoms with Crippen molar-refractivity contribution in [2.75, 3.05) is 27.2 Å². The van der Waals surface area contributed by atoms with Gasteiger partial charge in [-0.25, -0.2) is 0 Å². The monoisotopic (exact) mass is 202 g/mol. The maximum Gasteiger partial charge on any atom is 0.316 e. The van der Waals surface area contributed by atoms with Gasteiger partial charge in [0, 0.05) is 13.1 Å². The van der Waals surface area contributed by atoms with E-state index in [0.29, 0.717) is 19.5 Å². The molecule has 0 spiro atoms. The molecular weight excluding hydrogens is 184 g/mol. The van der Waals surface area contributed by atoms with Crippen LogP contribution in [0.3, 0.4) is 0 Å². The molecule has 1 unspecified atom stereocenters. The van der Waals surface area contributed by atoms with Crippen LogP contribution in [0.25, 0.3) is 0 Å². The number of nitrogens with one attached hydrogen (secondary N) is 1. The number of aliphatic carboxylic acids is 1. The number of rotatable bonds is 6. The van der Waals surface area contributed by atoms with Crippen LogP contribution in [0, 0.1) is 5.92 Å². The number of nitrogens with zero attached hydrogens (tertiary/aromatic N) is 1. The summed E-state index contributed by atoms with van der Waals surface area (Å²) in [5.74, 6) is -2.38. The third-order valence-corrected chi connectivity index (χ3v) is 1.88. The van der Waals surface area contributed by atoms with E-state index in [2.05, 4.69) is 5.32 Å². The lowest BCUT2D eigenvalue weighted by molar-refractivity contribution is -0.147. The standard InChI is InChI=1S/C9H18N2O3/c1-4-7(9(13)14)8(12)10-5-6-11(2)3/h7H,4-6H2,1-3H3,(H,10,12)(H,13,14). The molecule has 0 fully saturated rings. The molecule has 0 aliphatic carbocycles. The Kier molecular flexibility index (Phi) is 5.87. The number of carboxylic acid groups (broad SMARTS) is 1. The van der Waals surface area contributed by atoms with Gasteiger partial charge in [-0.15, -0.1) is 0 Å². The normalized spacial score (nSPS) is 12.6. The number of amides is 1. The van der Waals surface area contributed by atoms with Gasteiger partial charge in [0.1, 0.15) is 5.92 Å². The van der Waals surface area contributed by atoms with Crippen LogP contribution in [0.15, 0.2) is 0 Å². The Morgan fingerprint density at radius 2 is 2.00 bits per heavy atom. The van der Waals surface area contributed by atoms with Crippen molar-refractivity contribution in [2.24, 2.45) is 5.92 Å². The second kappa shape index (κ2) is 6.37. The molecule has 2 N–H and O–H groups in total. The van der Waals surface area contributed by atoms with Crippen LogP contribution in [0.1, 0.15) is 13.3 Å². The first-order valence-electron chi connectivity index (χ1n) is 4.64. The lowest BCUT2D eigenvalue weighted by atomic mass is 10.1. The minimum absolute atomic E-state index is 0.323. The molecule has 14 heavy (non-hydrogen) atoms. The minimum atomic E-state index is -1.06. The van der Waals surface area contributed by atoms with Crippen molar-refractivity contribution in [3.8, 4) is 0 Å². The molecular formula is C9H18N2O3. The molecule has 0 aliphatic rings. The lowest BCUT2D eigenvalue weighted by Crippen LogP contribution is -2.38. The number of hydrogen-bond acceptors (Lipinski definition) is 3. The van der Waals surface area contributed by atoms with Gasteiger partial charge in [0.25, 0.3) is 0 Å². The van der Waals surface area contributed by atoms with Crippen molar-refractivity contribution in [3.63, 3.8) is 0 Å². The molecule has 1 amide bonds. The molecule has 0 rings (SSSR count). The van der Waals surface area contributed by atoms with Gasteiger partial charge in [0.2, 0.25) is 5.91 Å². The van der Waals surface area contributed by atoms with Gasteiger partial charge in [-0.3, -0.25) is 9.59 Å². The Morgan fingerprint density at radius 3 is 2.36 bits per heavy atom. The van der Waals surface area contributed by atoms with Crippen LogP contribution in [0.5, 0.6) is 0 Å². The summed E-state index contributed by atoms with van der Waals surface area (Å²) in [6, 6.07) is 0. The quantitative estimate of drug-likeness (QED) is 0.584. The molecule has 0 aromatic carbocycles. The van der Waals surface area contributed by atoms with Gasteiger partial charge in [-0.1, -0.05) is 6.92 Å². The second-order valence-electron chi connectivity index (χ2n) is 3.39. The third-order valence-electron chi connectivity index (χ3n) is 1.88. The number of hydrogen-bond donors (Lipinski definition) is 2. The van der Waals surface area contributed by atoms with Crippen LogP contribution in [-0.2, 0) is 9.59 Å². The Labute approximate surface area is 84.1 Å². The van der Waals surface area contributed by atoms with E-state index in [9.17, 15) is 9.59 Å². The molecule has 0 aromatic heterocycles. The molecule has 5 heteroatoms. The number of carbonyl (C=O) groups is 2.